The Morgan fingerprint density at radius 1 is 0.920 bits per heavy atom. The first-order valence-corrected chi connectivity index (χ1v) is 12.8. The van der Waals surface area contributed by atoms with E-state index >= 15 is 0 Å². The SMILES string of the molecule is CS(=O)(=O)N(CCN1CCCCC1)C1CCCN(S(=O)(=O)C2CC2)C1. The summed E-state index contributed by atoms with van der Waals surface area (Å²) in [5.74, 6) is 0. The maximum Gasteiger partial charge on any atom is 0.217 e. The molecule has 0 aromatic carbocycles. The molecule has 1 aliphatic carbocycles. The Morgan fingerprint density at radius 2 is 1.60 bits per heavy atom. The summed E-state index contributed by atoms with van der Waals surface area (Å²) in [6.07, 6.45) is 7.81. The first-order valence-electron chi connectivity index (χ1n) is 9.46. The van der Waals surface area contributed by atoms with E-state index in [4.69, 9.17) is 0 Å². The van der Waals surface area contributed by atoms with Gasteiger partial charge >= 0.3 is 0 Å². The summed E-state index contributed by atoms with van der Waals surface area (Å²) < 4.78 is 52.8. The minimum absolute atomic E-state index is 0.230. The molecule has 3 fully saturated rings. The third-order valence-electron chi connectivity index (χ3n) is 5.58. The van der Waals surface area contributed by atoms with Crippen molar-refractivity contribution in [2.24, 2.45) is 0 Å². The number of nitrogens with zero attached hydrogens (tertiary/aromatic N) is 3. The number of hydrogen-bond donors (Lipinski definition) is 0. The standard InChI is InChI=1S/C16H31N3O4S2/c1-24(20,21)19(13-12-17-9-3-2-4-10-17)15-6-5-11-18(14-15)25(22,23)16-7-8-16/h15-16H,2-14H2,1H3. The highest BCUT2D eigenvalue weighted by molar-refractivity contribution is 7.90. The molecule has 2 heterocycles. The summed E-state index contributed by atoms with van der Waals surface area (Å²) in [5.41, 5.74) is 0. The Kier molecular flexibility index (Phi) is 6.09. The molecule has 146 valence electrons. The van der Waals surface area contributed by atoms with Gasteiger partial charge in [0.1, 0.15) is 0 Å². The molecule has 7 nitrogen and oxygen atoms in total. The fraction of sp³-hybridized carbons (Fsp3) is 1.00. The Bertz CT molecular complexity index is 655. The largest absolute Gasteiger partial charge is 0.302 e. The molecule has 0 N–H and O–H groups in total. The van der Waals surface area contributed by atoms with Gasteiger partial charge in [-0.2, -0.15) is 4.31 Å². The maximum atomic E-state index is 12.5. The van der Waals surface area contributed by atoms with Gasteiger partial charge in [-0.25, -0.2) is 21.1 Å². The van der Waals surface area contributed by atoms with Crippen LogP contribution in [0.5, 0.6) is 0 Å². The molecule has 0 aromatic rings. The minimum Gasteiger partial charge on any atom is -0.302 e. The summed E-state index contributed by atoms with van der Waals surface area (Å²) in [4.78, 5) is 2.32. The Hall–Kier alpha value is -0.220. The van der Waals surface area contributed by atoms with Crippen LogP contribution in [0.4, 0.5) is 0 Å². The fourth-order valence-electron chi connectivity index (χ4n) is 4.01. The van der Waals surface area contributed by atoms with Gasteiger partial charge in [0.15, 0.2) is 0 Å². The molecule has 0 bridgehead atoms. The van der Waals surface area contributed by atoms with Crippen molar-refractivity contribution in [2.75, 3.05) is 45.5 Å². The lowest BCUT2D eigenvalue weighted by Crippen LogP contribution is -2.53. The number of sulfonamides is 2. The van der Waals surface area contributed by atoms with Crippen LogP contribution in [0.25, 0.3) is 0 Å². The topological polar surface area (TPSA) is 78.0 Å². The van der Waals surface area contributed by atoms with E-state index in [9.17, 15) is 16.8 Å². The molecule has 3 rings (SSSR count). The minimum atomic E-state index is -3.35. The van der Waals surface area contributed by atoms with Crippen molar-refractivity contribution < 1.29 is 16.8 Å². The van der Waals surface area contributed by atoms with Crippen molar-refractivity contribution in [1.82, 2.24) is 13.5 Å². The van der Waals surface area contributed by atoms with E-state index in [-0.39, 0.29) is 11.3 Å². The highest BCUT2D eigenvalue weighted by atomic mass is 32.2. The summed E-state index contributed by atoms with van der Waals surface area (Å²) in [7, 11) is -6.59. The van der Waals surface area contributed by atoms with Crippen molar-refractivity contribution in [2.45, 2.75) is 56.2 Å². The second-order valence-electron chi connectivity index (χ2n) is 7.67. The monoisotopic (exact) mass is 393 g/mol. The van der Waals surface area contributed by atoms with E-state index in [1.807, 2.05) is 0 Å². The molecule has 1 saturated carbocycles. The van der Waals surface area contributed by atoms with Crippen LogP contribution >= 0.6 is 0 Å². The molecule has 1 atom stereocenters. The van der Waals surface area contributed by atoms with E-state index in [2.05, 4.69) is 4.90 Å². The normalized spacial score (nSPS) is 27.7. The van der Waals surface area contributed by atoms with Crippen molar-refractivity contribution in [3.63, 3.8) is 0 Å². The molecule has 2 saturated heterocycles. The van der Waals surface area contributed by atoms with E-state index in [1.54, 1.807) is 4.31 Å². The number of likely N-dealkylation sites (tertiary alicyclic amines) is 1. The maximum absolute atomic E-state index is 12.5. The quantitative estimate of drug-likeness (QED) is 0.636. The van der Waals surface area contributed by atoms with E-state index < -0.39 is 20.0 Å². The number of piperidine rings is 2. The Balaban J connectivity index is 1.65. The highest BCUT2D eigenvalue weighted by Crippen LogP contribution is 2.33. The first-order chi connectivity index (χ1) is 11.8. The van der Waals surface area contributed by atoms with Crippen LogP contribution in [0.1, 0.15) is 44.9 Å². The zero-order chi connectivity index (χ0) is 18.1. The lowest BCUT2D eigenvalue weighted by atomic mass is 10.1. The van der Waals surface area contributed by atoms with Gasteiger partial charge in [0, 0.05) is 32.2 Å². The van der Waals surface area contributed by atoms with Crippen LogP contribution in [0, 0.1) is 0 Å². The third-order valence-corrected chi connectivity index (χ3v) is 9.28. The van der Waals surface area contributed by atoms with Gasteiger partial charge in [0.25, 0.3) is 0 Å². The fourth-order valence-corrected chi connectivity index (χ4v) is 7.05. The van der Waals surface area contributed by atoms with Crippen LogP contribution in [0.3, 0.4) is 0 Å². The zero-order valence-corrected chi connectivity index (χ0v) is 16.8. The smallest absolute Gasteiger partial charge is 0.217 e. The van der Waals surface area contributed by atoms with Gasteiger partial charge in [-0.1, -0.05) is 6.42 Å². The summed E-state index contributed by atoms with van der Waals surface area (Å²) in [6.45, 7) is 4.10. The van der Waals surface area contributed by atoms with Crippen LogP contribution in [0.15, 0.2) is 0 Å². The molecule has 0 spiro atoms. The van der Waals surface area contributed by atoms with Gasteiger partial charge in [-0.15, -0.1) is 0 Å². The Labute approximate surface area is 152 Å². The predicted octanol–water partition coefficient (Wildman–Crippen LogP) is 0.691. The summed E-state index contributed by atoms with van der Waals surface area (Å²) >= 11 is 0. The van der Waals surface area contributed by atoms with Gasteiger partial charge < -0.3 is 4.90 Å². The molecule has 0 aromatic heterocycles. The average Bonchev–Trinajstić information content (AvgIpc) is 3.40. The third kappa shape index (κ3) is 4.94. The predicted molar refractivity (Wildman–Crippen MR) is 98.4 cm³/mol. The summed E-state index contributed by atoms with van der Waals surface area (Å²) in [5, 5.41) is -0.230. The van der Waals surface area contributed by atoms with Crippen molar-refractivity contribution in [1.29, 1.82) is 0 Å². The molecule has 2 aliphatic heterocycles. The number of hydrogen-bond acceptors (Lipinski definition) is 5. The second-order valence-corrected chi connectivity index (χ2v) is 11.8. The lowest BCUT2D eigenvalue weighted by molar-refractivity contribution is 0.172. The molecule has 3 aliphatic rings. The molecule has 1 unspecified atom stereocenters. The second kappa shape index (κ2) is 7.80. The summed E-state index contributed by atoms with van der Waals surface area (Å²) in [6, 6.07) is -0.234. The van der Waals surface area contributed by atoms with Crippen molar-refractivity contribution in [3.05, 3.63) is 0 Å². The number of rotatable bonds is 7. The molecule has 0 amide bonds. The molecular weight excluding hydrogens is 362 g/mol. The molecule has 25 heavy (non-hydrogen) atoms. The van der Waals surface area contributed by atoms with Crippen molar-refractivity contribution in [3.8, 4) is 0 Å². The van der Waals surface area contributed by atoms with Gasteiger partial charge in [0.2, 0.25) is 20.0 Å². The van der Waals surface area contributed by atoms with Gasteiger partial charge in [0.05, 0.1) is 11.5 Å². The average molecular weight is 394 g/mol. The van der Waals surface area contributed by atoms with Crippen molar-refractivity contribution >= 4 is 20.0 Å². The van der Waals surface area contributed by atoms with E-state index in [0.717, 1.165) is 45.3 Å². The van der Waals surface area contributed by atoms with Crippen LogP contribution in [-0.4, -0.2) is 87.2 Å². The zero-order valence-electron chi connectivity index (χ0n) is 15.1. The van der Waals surface area contributed by atoms with Crippen LogP contribution in [-0.2, 0) is 20.0 Å². The Morgan fingerprint density at radius 3 is 2.20 bits per heavy atom. The van der Waals surface area contributed by atoms with Crippen LogP contribution in [0.2, 0.25) is 0 Å². The van der Waals surface area contributed by atoms with Gasteiger partial charge in [-0.05, 0) is 51.6 Å². The van der Waals surface area contributed by atoms with Crippen LogP contribution < -0.4 is 0 Å². The van der Waals surface area contributed by atoms with E-state index in [1.165, 1.54) is 29.8 Å². The lowest BCUT2D eigenvalue weighted by Gasteiger charge is -2.38. The molecular formula is C16H31N3O4S2. The highest BCUT2D eigenvalue weighted by Gasteiger charge is 2.43. The van der Waals surface area contributed by atoms with E-state index in [0.29, 0.717) is 19.6 Å². The first kappa shape index (κ1) is 19.5. The molecule has 9 heteroatoms. The molecule has 0 radical (unpaired) electrons. The van der Waals surface area contributed by atoms with Gasteiger partial charge in [-0.3, -0.25) is 0 Å².